The molecule has 1 saturated heterocycles. The zero-order valence-electron chi connectivity index (χ0n) is 17.8. The highest BCUT2D eigenvalue weighted by atomic mass is 35.5. The summed E-state index contributed by atoms with van der Waals surface area (Å²) in [5.41, 5.74) is 3.94. The zero-order valence-corrected chi connectivity index (χ0v) is 20.2. The number of anilines is 1. The minimum Gasteiger partial charge on any atom is -0.459 e. The fraction of sp³-hybridized carbons (Fsp3) is 0.154. The van der Waals surface area contributed by atoms with Crippen LogP contribution in [0.3, 0.4) is 0 Å². The monoisotopic (exact) mass is 493 g/mol. The van der Waals surface area contributed by atoms with Crippen molar-refractivity contribution in [1.29, 1.82) is 0 Å². The highest BCUT2D eigenvalue weighted by Crippen LogP contribution is 2.43. The van der Waals surface area contributed by atoms with Gasteiger partial charge < -0.3 is 14.6 Å². The van der Waals surface area contributed by atoms with Gasteiger partial charge in [-0.15, -0.1) is 0 Å². The van der Waals surface area contributed by atoms with Gasteiger partial charge in [0.05, 0.1) is 16.8 Å². The summed E-state index contributed by atoms with van der Waals surface area (Å²) in [5, 5.41) is 5.20. The molecular formula is C26H21Cl2N3OS. The van der Waals surface area contributed by atoms with Gasteiger partial charge in [-0.25, -0.2) is 0 Å². The van der Waals surface area contributed by atoms with Gasteiger partial charge in [0.25, 0.3) is 0 Å². The molecule has 3 heterocycles. The quantitative estimate of drug-likeness (QED) is 0.293. The Morgan fingerprint density at radius 1 is 1.03 bits per heavy atom. The third-order valence-electron chi connectivity index (χ3n) is 5.84. The number of hydrogen-bond acceptors (Lipinski definition) is 3. The molecule has 2 aromatic heterocycles. The van der Waals surface area contributed by atoms with Crippen LogP contribution >= 0.6 is 35.4 Å². The van der Waals surface area contributed by atoms with Crippen LogP contribution in [0.2, 0.25) is 10.0 Å². The topological polar surface area (TPSA) is 41.3 Å². The molecule has 4 nitrogen and oxygen atoms in total. The molecule has 2 atom stereocenters. The van der Waals surface area contributed by atoms with Gasteiger partial charge in [0.2, 0.25) is 0 Å². The second-order valence-electron chi connectivity index (χ2n) is 7.84. The number of aromatic nitrogens is 1. The molecule has 0 unspecified atom stereocenters. The number of nitrogens with one attached hydrogen (secondary N) is 1. The Morgan fingerprint density at radius 2 is 1.85 bits per heavy atom. The summed E-state index contributed by atoms with van der Waals surface area (Å²) in [4.78, 5) is 6.69. The first-order valence-corrected chi connectivity index (χ1v) is 11.9. The van der Waals surface area contributed by atoms with E-state index >= 15 is 0 Å². The van der Waals surface area contributed by atoms with Crippen LogP contribution in [0.1, 0.15) is 36.0 Å². The first kappa shape index (κ1) is 22.0. The van der Waals surface area contributed by atoms with Gasteiger partial charge in [-0.1, -0.05) is 48.3 Å². The van der Waals surface area contributed by atoms with Crippen LogP contribution in [-0.4, -0.2) is 10.1 Å². The molecule has 1 fully saturated rings. The molecule has 7 heteroatoms. The van der Waals surface area contributed by atoms with Crippen LogP contribution in [0.25, 0.3) is 11.3 Å². The van der Waals surface area contributed by atoms with E-state index in [0.717, 1.165) is 29.1 Å². The first-order chi connectivity index (χ1) is 16.0. The lowest BCUT2D eigenvalue weighted by Crippen LogP contribution is -2.29. The molecule has 4 aromatic rings. The molecule has 0 bridgehead atoms. The Kier molecular flexibility index (Phi) is 6.11. The standard InChI is InChI=1S/C26H21Cl2N3OS/c1-2-16-6-9-18(10-7-16)31-25(24(30-26(31)33)21-5-3-4-14-29-21)23-13-12-22(32-23)19-11-8-17(27)15-20(19)28/h3-15,24-25H,2H2,1H3,(H,30,33)/t24-,25-/m1/s1. The zero-order chi connectivity index (χ0) is 22.9. The number of halogens is 2. The van der Waals surface area contributed by atoms with Crippen molar-refractivity contribution < 1.29 is 4.42 Å². The summed E-state index contributed by atoms with van der Waals surface area (Å²) in [5.74, 6) is 1.43. The fourth-order valence-electron chi connectivity index (χ4n) is 4.16. The molecular weight excluding hydrogens is 473 g/mol. The number of pyridine rings is 1. The molecule has 0 saturated carbocycles. The third-order valence-corrected chi connectivity index (χ3v) is 6.70. The van der Waals surface area contributed by atoms with E-state index in [1.54, 1.807) is 18.3 Å². The van der Waals surface area contributed by atoms with E-state index in [-0.39, 0.29) is 12.1 Å². The fourth-order valence-corrected chi connectivity index (χ4v) is 5.01. The molecule has 33 heavy (non-hydrogen) atoms. The smallest absolute Gasteiger partial charge is 0.174 e. The molecule has 0 aliphatic carbocycles. The number of thiocarbonyl (C=S) groups is 1. The third kappa shape index (κ3) is 4.24. The summed E-state index contributed by atoms with van der Waals surface area (Å²) < 4.78 is 6.37. The molecule has 1 aliphatic heterocycles. The average Bonchev–Trinajstić information content (AvgIpc) is 3.44. The van der Waals surface area contributed by atoms with Gasteiger partial charge in [0.15, 0.2) is 5.11 Å². The van der Waals surface area contributed by atoms with Crippen LogP contribution in [0.4, 0.5) is 5.69 Å². The normalized spacial score (nSPS) is 17.9. The minimum atomic E-state index is -0.222. The number of hydrogen-bond donors (Lipinski definition) is 1. The van der Waals surface area contributed by atoms with Crippen molar-refractivity contribution in [2.75, 3.05) is 4.90 Å². The van der Waals surface area contributed by atoms with Gasteiger partial charge in [-0.3, -0.25) is 4.98 Å². The van der Waals surface area contributed by atoms with Crippen LogP contribution in [0.15, 0.2) is 83.4 Å². The van der Waals surface area contributed by atoms with E-state index in [1.807, 2.05) is 36.4 Å². The van der Waals surface area contributed by atoms with Gasteiger partial charge in [0, 0.05) is 22.5 Å². The van der Waals surface area contributed by atoms with Crippen molar-refractivity contribution in [3.8, 4) is 11.3 Å². The Bertz CT molecular complexity index is 1290. The molecule has 1 N–H and O–H groups in total. The van der Waals surface area contributed by atoms with Crippen molar-refractivity contribution in [3.63, 3.8) is 0 Å². The summed E-state index contributed by atoms with van der Waals surface area (Å²) in [7, 11) is 0. The number of furan rings is 1. The lowest BCUT2D eigenvalue weighted by molar-refractivity contribution is 0.439. The molecule has 0 radical (unpaired) electrons. The number of nitrogens with zero attached hydrogens (tertiary/aromatic N) is 2. The lowest BCUT2D eigenvalue weighted by Gasteiger charge is -2.26. The first-order valence-electron chi connectivity index (χ1n) is 10.7. The SMILES string of the molecule is CCc1ccc(N2C(=S)N[C@H](c3ccccn3)[C@H]2c2ccc(-c3ccc(Cl)cc3Cl)o2)cc1. The van der Waals surface area contributed by atoms with Gasteiger partial charge in [0.1, 0.15) is 17.6 Å². The van der Waals surface area contributed by atoms with Crippen molar-refractivity contribution >= 4 is 46.2 Å². The Labute approximate surface area is 208 Å². The summed E-state index contributed by atoms with van der Waals surface area (Å²) in [6.07, 6.45) is 2.77. The maximum atomic E-state index is 6.44. The van der Waals surface area contributed by atoms with E-state index in [9.17, 15) is 0 Å². The number of rotatable bonds is 5. The molecule has 166 valence electrons. The molecule has 1 aliphatic rings. The number of benzene rings is 2. The van der Waals surface area contributed by atoms with E-state index in [2.05, 4.69) is 46.4 Å². The molecule has 2 aromatic carbocycles. The van der Waals surface area contributed by atoms with E-state index in [0.29, 0.717) is 20.9 Å². The lowest BCUT2D eigenvalue weighted by atomic mass is 10.0. The minimum absolute atomic E-state index is 0.177. The van der Waals surface area contributed by atoms with Crippen LogP contribution in [0.5, 0.6) is 0 Å². The second-order valence-corrected chi connectivity index (χ2v) is 9.07. The maximum absolute atomic E-state index is 6.44. The highest BCUT2D eigenvalue weighted by Gasteiger charge is 2.42. The Morgan fingerprint density at radius 3 is 2.55 bits per heavy atom. The van der Waals surface area contributed by atoms with E-state index in [4.69, 9.17) is 39.8 Å². The predicted octanol–water partition coefficient (Wildman–Crippen LogP) is 7.39. The summed E-state index contributed by atoms with van der Waals surface area (Å²) in [6.45, 7) is 2.14. The molecule has 0 amide bonds. The Balaban J connectivity index is 1.59. The Hall–Kier alpha value is -2.86. The summed E-state index contributed by atoms with van der Waals surface area (Å²) in [6, 6.07) is 23.2. The van der Waals surface area contributed by atoms with Gasteiger partial charge in [-0.05, 0) is 78.8 Å². The average molecular weight is 494 g/mol. The van der Waals surface area contributed by atoms with E-state index in [1.165, 1.54) is 5.56 Å². The van der Waals surface area contributed by atoms with Crippen LogP contribution in [0, 0.1) is 0 Å². The van der Waals surface area contributed by atoms with Crippen molar-refractivity contribution in [3.05, 3.63) is 106 Å². The maximum Gasteiger partial charge on any atom is 0.174 e. The predicted molar refractivity (Wildman–Crippen MR) is 138 cm³/mol. The number of aryl methyl sites for hydroxylation is 1. The van der Waals surface area contributed by atoms with Crippen LogP contribution in [-0.2, 0) is 6.42 Å². The van der Waals surface area contributed by atoms with E-state index < -0.39 is 0 Å². The second kappa shape index (κ2) is 9.18. The van der Waals surface area contributed by atoms with Crippen molar-refractivity contribution in [2.45, 2.75) is 25.4 Å². The molecule has 5 rings (SSSR count). The van der Waals surface area contributed by atoms with Crippen molar-refractivity contribution in [1.82, 2.24) is 10.3 Å². The summed E-state index contributed by atoms with van der Waals surface area (Å²) >= 11 is 18.3. The molecule has 0 spiro atoms. The largest absolute Gasteiger partial charge is 0.459 e. The highest BCUT2D eigenvalue weighted by molar-refractivity contribution is 7.80. The van der Waals surface area contributed by atoms with Gasteiger partial charge >= 0.3 is 0 Å². The van der Waals surface area contributed by atoms with Gasteiger partial charge in [-0.2, -0.15) is 0 Å². The van der Waals surface area contributed by atoms with Crippen molar-refractivity contribution in [2.24, 2.45) is 0 Å². The van der Waals surface area contributed by atoms with Crippen LogP contribution < -0.4 is 10.2 Å².